The molecule has 6 nitrogen and oxygen atoms in total. The third kappa shape index (κ3) is 3.94. The maximum atomic E-state index is 12.3. The van der Waals surface area contributed by atoms with Crippen molar-refractivity contribution < 1.29 is 9.72 Å². The molecule has 11 heteroatoms. The number of rotatable bonds is 4. The smallest absolute Gasteiger partial charge is 0.270 e. The van der Waals surface area contributed by atoms with E-state index < -0.39 is 10.8 Å². The van der Waals surface area contributed by atoms with Gasteiger partial charge in [0.1, 0.15) is 4.34 Å². The van der Waals surface area contributed by atoms with Crippen LogP contribution in [0.25, 0.3) is 11.3 Å². The van der Waals surface area contributed by atoms with Gasteiger partial charge in [0.25, 0.3) is 11.6 Å². The summed E-state index contributed by atoms with van der Waals surface area (Å²) in [6.45, 7) is 0. The van der Waals surface area contributed by atoms with E-state index in [1.165, 1.54) is 34.8 Å². The molecule has 0 saturated carbocycles. The molecule has 1 amide bonds. The summed E-state index contributed by atoms with van der Waals surface area (Å²) in [5.74, 6) is -0.593. The van der Waals surface area contributed by atoms with Crippen molar-refractivity contribution in [3.8, 4) is 11.3 Å². The Morgan fingerprint density at radius 2 is 2.00 bits per heavy atom. The maximum absolute atomic E-state index is 12.3. The molecule has 0 atom stereocenters. The van der Waals surface area contributed by atoms with Crippen LogP contribution in [-0.2, 0) is 0 Å². The highest BCUT2D eigenvalue weighted by Gasteiger charge is 2.18. The van der Waals surface area contributed by atoms with Crippen molar-refractivity contribution in [2.24, 2.45) is 0 Å². The van der Waals surface area contributed by atoms with E-state index in [1.54, 1.807) is 11.4 Å². The normalized spacial score (nSPS) is 10.7. The first-order valence-electron chi connectivity index (χ1n) is 6.51. The molecule has 0 aliphatic carbocycles. The van der Waals surface area contributed by atoms with E-state index in [4.69, 9.17) is 34.8 Å². The van der Waals surface area contributed by atoms with Crippen molar-refractivity contribution in [3.63, 3.8) is 0 Å². The van der Waals surface area contributed by atoms with E-state index >= 15 is 0 Å². The van der Waals surface area contributed by atoms with E-state index in [2.05, 4.69) is 10.3 Å². The maximum Gasteiger partial charge on any atom is 0.270 e. The van der Waals surface area contributed by atoms with E-state index in [0.29, 0.717) is 25.1 Å². The zero-order valence-corrected chi connectivity index (χ0v) is 15.9. The average molecular weight is 435 g/mol. The van der Waals surface area contributed by atoms with Crippen LogP contribution in [0.15, 0.2) is 29.6 Å². The lowest BCUT2D eigenvalue weighted by atomic mass is 10.2. The van der Waals surface area contributed by atoms with Gasteiger partial charge in [-0.1, -0.05) is 34.8 Å². The lowest BCUT2D eigenvalue weighted by molar-refractivity contribution is -0.384. The molecule has 1 N–H and O–H groups in total. The number of hydrogen-bond acceptors (Lipinski definition) is 6. The standard InChI is InChI=1S/C14H6Cl3N3O3S2/c15-9-2-1-6(20(22)23)3-7(9)13(21)19-14-18-10(5-24-14)8-4-11(16)25-12(8)17/h1-5H,(H,18,19,21). The molecule has 3 rings (SSSR count). The minimum atomic E-state index is -0.600. The second-order valence-electron chi connectivity index (χ2n) is 4.65. The lowest BCUT2D eigenvalue weighted by Crippen LogP contribution is -2.12. The number of carbonyl (C=O) groups excluding carboxylic acids is 1. The predicted octanol–water partition coefficient (Wildman–Crippen LogP) is 5.99. The summed E-state index contributed by atoms with van der Waals surface area (Å²) in [6.07, 6.45) is 0. The van der Waals surface area contributed by atoms with Crippen LogP contribution in [0, 0.1) is 10.1 Å². The number of non-ortho nitro benzene ring substituents is 1. The van der Waals surface area contributed by atoms with E-state index in [1.807, 2.05) is 0 Å². The Bertz CT molecular complexity index is 987. The van der Waals surface area contributed by atoms with Gasteiger partial charge in [-0.3, -0.25) is 20.2 Å². The molecule has 25 heavy (non-hydrogen) atoms. The Kier molecular flexibility index (Phi) is 5.26. The van der Waals surface area contributed by atoms with Crippen molar-refractivity contribution in [1.29, 1.82) is 0 Å². The second-order valence-corrected chi connectivity index (χ2v) is 8.20. The highest BCUT2D eigenvalue weighted by molar-refractivity contribution is 7.20. The van der Waals surface area contributed by atoms with Crippen molar-refractivity contribution >= 4 is 74.2 Å². The summed E-state index contributed by atoms with van der Waals surface area (Å²) in [5, 5.41) is 15.5. The van der Waals surface area contributed by atoms with Crippen LogP contribution < -0.4 is 5.32 Å². The van der Waals surface area contributed by atoms with Gasteiger partial charge in [0, 0.05) is 23.1 Å². The fourth-order valence-electron chi connectivity index (χ4n) is 1.94. The van der Waals surface area contributed by atoms with Gasteiger partial charge in [0.15, 0.2) is 5.13 Å². The summed E-state index contributed by atoms with van der Waals surface area (Å²) in [6, 6.07) is 5.33. The van der Waals surface area contributed by atoms with E-state index in [-0.39, 0.29) is 16.3 Å². The zero-order chi connectivity index (χ0) is 18.1. The Labute approximate surface area is 164 Å². The first-order valence-corrected chi connectivity index (χ1v) is 9.34. The molecule has 0 bridgehead atoms. The van der Waals surface area contributed by atoms with Gasteiger partial charge in [-0.25, -0.2) is 4.98 Å². The molecular weight excluding hydrogens is 429 g/mol. The van der Waals surface area contributed by atoms with E-state index in [0.717, 1.165) is 6.07 Å². The second kappa shape index (κ2) is 7.27. The molecule has 2 aromatic heterocycles. The molecule has 0 saturated heterocycles. The fourth-order valence-corrected chi connectivity index (χ4v) is 4.33. The minimum absolute atomic E-state index is 0.00998. The topological polar surface area (TPSA) is 85.1 Å². The van der Waals surface area contributed by atoms with Crippen LogP contribution in [0.1, 0.15) is 10.4 Å². The average Bonchev–Trinajstić information content (AvgIpc) is 3.13. The van der Waals surface area contributed by atoms with E-state index in [9.17, 15) is 14.9 Å². The first-order chi connectivity index (χ1) is 11.8. The molecule has 3 aromatic rings. The van der Waals surface area contributed by atoms with Gasteiger partial charge in [0.2, 0.25) is 0 Å². The summed E-state index contributed by atoms with van der Waals surface area (Å²) < 4.78 is 1.02. The highest BCUT2D eigenvalue weighted by Crippen LogP contribution is 2.39. The lowest BCUT2D eigenvalue weighted by Gasteiger charge is -2.04. The predicted molar refractivity (Wildman–Crippen MR) is 102 cm³/mol. The number of benzene rings is 1. The molecule has 2 heterocycles. The number of nitrogens with one attached hydrogen (secondary N) is 1. The van der Waals surface area contributed by atoms with Gasteiger partial charge in [-0.05, 0) is 12.1 Å². The monoisotopic (exact) mass is 433 g/mol. The number of nitro benzene ring substituents is 1. The van der Waals surface area contributed by atoms with Crippen LogP contribution >= 0.6 is 57.5 Å². The van der Waals surface area contributed by atoms with Gasteiger partial charge in [-0.15, -0.1) is 22.7 Å². The third-order valence-electron chi connectivity index (χ3n) is 3.06. The molecule has 0 radical (unpaired) electrons. The number of aromatic nitrogens is 1. The first kappa shape index (κ1) is 18.1. The zero-order valence-electron chi connectivity index (χ0n) is 12.0. The number of hydrogen-bond donors (Lipinski definition) is 1. The van der Waals surface area contributed by atoms with Crippen molar-refractivity contribution in [2.75, 3.05) is 5.32 Å². The highest BCUT2D eigenvalue weighted by atomic mass is 35.5. The van der Waals surface area contributed by atoms with Crippen molar-refractivity contribution in [2.45, 2.75) is 0 Å². The van der Waals surface area contributed by atoms with Crippen molar-refractivity contribution in [1.82, 2.24) is 4.98 Å². The Morgan fingerprint density at radius 1 is 1.24 bits per heavy atom. The molecule has 0 spiro atoms. The van der Waals surface area contributed by atoms with Gasteiger partial charge >= 0.3 is 0 Å². The summed E-state index contributed by atoms with van der Waals surface area (Å²) >= 11 is 20.4. The number of carbonyl (C=O) groups is 1. The molecule has 0 fully saturated rings. The number of thiazole rings is 1. The number of halogens is 3. The summed E-state index contributed by atoms with van der Waals surface area (Å²) in [7, 11) is 0. The number of amides is 1. The Hall–Kier alpha value is -1.71. The SMILES string of the molecule is O=C(Nc1nc(-c2cc(Cl)sc2Cl)cs1)c1cc([N+](=O)[O-])ccc1Cl. The van der Waals surface area contributed by atoms with Crippen LogP contribution in [0.3, 0.4) is 0 Å². The number of nitro groups is 1. The fraction of sp³-hybridized carbons (Fsp3) is 0. The third-order valence-corrected chi connectivity index (χ3v) is 5.64. The largest absolute Gasteiger partial charge is 0.298 e. The molecular formula is C14H6Cl3N3O3S2. The van der Waals surface area contributed by atoms with Crippen LogP contribution in [-0.4, -0.2) is 15.8 Å². The molecule has 0 aliphatic heterocycles. The van der Waals surface area contributed by atoms with Gasteiger partial charge in [-0.2, -0.15) is 0 Å². The van der Waals surface area contributed by atoms with Crippen molar-refractivity contribution in [3.05, 3.63) is 59.0 Å². The van der Waals surface area contributed by atoms with Crippen LogP contribution in [0.4, 0.5) is 10.8 Å². The van der Waals surface area contributed by atoms with Crippen LogP contribution in [0.2, 0.25) is 13.7 Å². The number of thiophene rings is 1. The van der Waals surface area contributed by atoms with Gasteiger partial charge < -0.3 is 0 Å². The number of nitrogens with zero attached hydrogens (tertiary/aromatic N) is 2. The summed E-state index contributed by atoms with van der Waals surface area (Å²) in [4.78, 5) is 26.8. The Morgan fingerprint density at radius 3 is 2.64 bits per heavy atom. The molecule has 1 aromatic carbocycles. The molecule has 0 unspecified atom stereocenters. The van der Waals surface area contributed by atoms with Gasteiger partial charge in [0.05, 0.1) is 25.5 Å². The molecule has 0 aliphatic rings. The molecule has 128 valence electrons. The Balaban J connectivity index is 1.84. The quantitative estimate of drug-likeness (QED) is 0.403. The van der Waals surface area contributed by atoms with Crippen LogP contribution in [0.5, 0.6) is 0 Å². The minimum Gasteiger partial charge on any atom is -0.298 e. The number of anilines is 1. The summed E-state index contributed by atoms with van der Waals surface area (Å²) in [5.41, 5.74) is 0.999.